The van der Waals surface area contributed by atoms with Gasteiger partial charge in [-0.3, -0.25) is 4.79 Å². The summed E-state index contributed by atoms with van der Waals surface area (Å²) in [6.07, 6.45) is 3.50. The largest absolute Gasteiger partial charge is 0.350 e. The Balaban J connectivity index is 2.53. The van der Waals surface area contributed by atoms with E-state index in [9.17, 15) is 4.79 Å². The number of nitriles is 1. The molecule has 0 amide bonds. The number of aromatic nitrogens is 2. The van der Waals surface area contributed by atoms with Gasteiger partial charge >= 0.3 is 0 Å². The Morgan fingerprint density at radius 3 is 2.74 bits per heavy atom. The van der Waals surface area contributed by atoms with Crippen molar-refractivity contribution < 1.29 is 0 Å². The van der Waals surface area contributed by atoms with E-state index in [1.165, 1.54) is 4.68 Å². The van der Waals surface area contributed by atoms with Crippen LogP contribution >= 0.6 is 0 Å². The topological polar surface area (TPSA) is 63.1 Å². The third kappa shape index (κ3) is 2.33. The summed E-state index contributed by atoms with van der Waals surface area (Å²) in [7, 11) is 1.90. The average Bonchev–Trinajstić information content (AvgIpc) is 2.75. The maximum Gasteiger partial charge on any atom is 0.289 e. The zero-order chi connectivity index (χ0) is 14.0. The van der Waals surface area contributed by atoms with Crippen molar-refractivity contribution in [3.8, 4) is 6.07 Å². The summed E-state index contributed by atoms with van der Waals surface area (Å²) < 4.78 is 3.14. The molecule has 0 saturated carbocycles. The molecule has 2 rings (SSSR count). The highest BCUT2D eigenvalue weighted by Gasteiger charge is 2.08. The van der Waals surface area contributed by atoms with Crippen molar-refractivity contribution >= 4 is 6.21 Å². The molecule has 0 aliphatic carbocycles. The minimum atomic E-state index is -0.384. The molecule has 2 aromatic heterocycles. The predicted octanol–water partition coefficient (Wildman–Crippen LogP) is 1.56. The summed E-state index contributed by atoms with van der Waals surface area (Å²) in [5.41, 5.74) is 2.01. The fraction of sp³-hybridized carbons (Fsp3) is 0.214. The predicted molar refractivity (Wildman–Crippen MR) is 73.3 cm³/mol. The van der Waals surface area contributed by atoms with Gasteiger partial charge in [-0.05, 0) is 37.6 Å². The van der Waals surface area contributed by atoms with Crippen LogP contribution < -0.4 is 5.56 Å². The molecule has 0 aliphatic rings. The fourth-order valence-electron chi connectivity index (χ4n) is 1.89. The van der Waals surface area contributed by atoms with Crippen LogP contribution in [-0.4, -0.2) is 15.5 Å². The van der Waals surface area contributed by atoms with Crippen molar-refractivity contribution in [3.05, 3.63) is 57.3 Å². The Bertz CT molecular complexity index is 744. The maximum atomic E-state index is 12.1. The first kappa shape index (κ1) is 12.8. The van der Waals surface area contributed by atoms with E-state index in [0.29, 0.717) is 11.3 Å². The lowest BCUT2D eigenvalue weighted by Crippen LogP contribution is -2.22. The molecule has 2 aromatic rings. The molecule has 0 radical (unpaired) electrons. The van der Waals surface area contributed by atoms with Gasteiger partial charge in [0.2, 0.25) is 0 Å². The molecule has 5 heteroatoms. The minimum absolute atomic E-state index is 0.134. The van der Waals surface area contributed by atoms with Gasteiger partial charge in [0.1, 0.15) is 11.6 Å². The Morgan fingerprint density at radius 2 is 2.16 bits per heavy atom. The van der Waals surface area contributed by atoms with E-state index in [2.05, 4.69) is 5.10 Å². The average molecular weight is 254 g/mol. The first-order chi connectivity index (χ1) is 9.04. The van der Waals surface area contributed by atoms with Crippen LogP contribution in [0.3, 0.4) is 0 Å². The Kier molecular flexibility index (Phi) is 3.34. The number of nitrogens with zero attached hydrogens (tertiary/aromatic N) is 4. The molecule has 0 bridgehead atoms. The van der Waals surface area contributed by atoms with Crippen LogP contribution in [0.1, 0.15) is 22.5 Å². The summed E-state index contributed by atoms with van der Waals surface area (Å²) in [5, 5.41) is 13.2. The van der Waals surface area contributed by atoms with Crippen LogP contribution in [0.25, 0.3) is 0 Å². The second kappa shape index (κ2) is 4.94. The van der Waals surface area contributed by atoms with E-state index in [4.69, 9.17) is 5.26 Å². The van der Waals surface area contributed by atoms with Gasteiger partial charge < -0.3 is 4.57 Å². The third-order valence-electron chi connectivity index (χ3n) is 2.96. The summed E-state index contributed by atoms with van der Waals surface area (Å²) in [5.74, 6) is 0. The second-order valence-electron chi connectivity index (χ2n) is 4.36. The lowest BCUT2D eigenvalue weighted by molar-refractivity contribution is 0.784. The van der Waals surface area contributed by atoms with Gasteiger partial charge in [0.15, 0.2) is 0 Å². The number of aryl methyl sites for hydroxylation is 3. The number of rotatable bonds is 2. The molecule has 19 heavy (non-hydrogen) atoms. The van der Waals surface area contributed by atoms with E-state index in [0.717, 1.165) is 5.69 Å². The highest BCUT2D eigenvalue weighted by atomic mass is 16.1. The maximum absolute atomic E-state index is 12.1. The van der Waals surface area contributed by atoms with Crippen molar-refractivity contribution in [2.24, 2.45) is 12.1 Å². The number of pyridine rings is 1. The van der Waals surface area contributed by atoms with Gasteiger partial charge in [-0.2, -0.15) is 10.4 Å². The van der Waals surface area contributed by atoms with E-state index in [1.54, 1.807) is 26.1 Å². The summed E-state index contributed by atoms with van der Waals surface area (Å²) >= 11 is 0. The molecule has 0 aliphatic heterocycles. The summed E-state index contributed by atoms with van der Waals surface area (Å²) in [6.45, 7) is 3.54. The Hall–Kier alpha value is -2.61. The van der Waals surface area contributed by atoms with Crippen molar-refractivity contribution in [2.45, 2.75) is 13.8 Å². The van der Waals surface area contributed by atoms with E-state index < -0.39 is 0 Å². The van der Waals surface area contributed by atoms with Gasteiger partial charge in [-0.25, -0.2) is 4.68 Å². The van der Waals surface area contributed by atoms with Crippen molar-refractivity contribution in [1.82, 2.24) is 9.24 Å². The zero-order valence-corrected chi connectivity index (χ0v) is 11.1. The molecule has 5 nitrogen and oxygen atoms in total. The molecule has 0 saturated heterocycles. The molecule has 0 unspecified atom stereocenters. The lowest BCUT2D eigenvalue weighted by Gasteiger charge is -2.06. The molecule has 0 N–H and O–H groups in total. The van der Waals surface area contributed by atoms with E-state index >= 15 is 0 Å². The van der Waals surface area contributed by atoms with Gasteiger partial charge in [0.25, 0.3) is 5.56 Å². The summed E-state index contributed by atoms with van der Waals surface area (Å²) in [6, 6.07) is 7.49. The molecule has 0 atom stereocenters. The van der Waals surface area contributed by atoms with Crippen LogP contribution in [-0.2, 0) is 7.05 Å². The van der Waals surface area contributed by atoms with Crippen LogP contribution in [0.5, 0.6) is 0 Å². The molecule has 0 fully saturated rings. The first-order valence-electron chi connectivity index (χ1n) is 5.83. The molecule has 0 spiro atoms. The Morgan fingerprint density at radius 1 is 1.42 bits per heavy atom. The van der Waals surface area contributed by atoms with E-state index in [-0.39, 0.29) is 11.1 Å². The van der Waals surface area contributed by atoms with Gasteiger partial charge in [-0.1, -0.05) is 0 Å². The quantitative estimate of drug-likeness (QED) is 0.763. The molecular formula is C14H14N4O. The molecule has 0 aromatic carbocycles. The number of hydrogen-bond donors (Lipinski definition) is 0. The van der Waals surface area contributed by atoms with E-state index in [1.807, 2.05) is 36.0 Å². The first-order valence-corrected chi connectivity index (χ1v) is 5.83. The molecule has 96 valence electrons. The molecular weight excluding hydrogens is 240 g/mol. The number of hydrogen-bond acceptors (Lipinski definition) is 3. The van der Waals surface area contributed by atoms with Crippen molar-refractivity contribution in [3.63, 3.8) is 0 Å². The van der Waals surface area contributed by atoms with Gasteiger partial charge in [0.05, 0.1) is 11.9 Å². The minimum Gasteiger partial charge on any atom is -0.350 e. The zero-order valence-electron chi connectivity index (χ0n) is 11.1. The van der Waals surface area contributed by atoms with Crippen LogP contribution in [0.4, 0.5) is 0 Å². The van der Waals surface area contributed by atoms with Crippen LogP contribution in [0.15, 0.2) is 34.3 Å². The monoisotopic (exact) mass is 254 g/mol. The molecule has 2 heterocycles. The normalized spacial score (nSPS) is 10.8. The standard InChI is InChI=1S/C14H14N4O/c1-10-7-11(2)18(14(19)13(10)8-15)16-9-12-5-4-6-17(12)3/h4-7,9H,1-3H3/b16-9+. The van der Waals surface area contributed by atoms with Crippen LogP contribution in [0, 0.1) is 25.2 Å². The third-order valence-corrected chi connectivity index (χ3v) is 2.96. The van der Waals surface area contributed by atoms with Crippen LogP contribution in [0.2, 0.25) is 0 Å². The second-order valence-corrected chi connectivity index (χ2v) is 4.36. The summed E-state index contributed by atoms with van der Waals surface area (Å²) in [4.78, 5) is 12.1. The highest BCUT2D eigenvalue weighted by molar-refractivity contribution is 5.77. The highest BCUT2D eigenvalue weighted by Crippen LogP contribution is 2.05. The SMILES string of the molecule is Cc1cc(C)n(/N=C/c2cccn2C)c(=O)c1C#N. The van der Waals surface area contributed by atoms with Gasteiger partial charge in [0, 0.05) is 18.9 Å². The smallest absolute Gasteiger partial charge is 0.289 e. The van der Waals surface area contributed by atoms with Crippen molar-refractivity contribution in [1.29, 1.82) is 5.26 Å². The Labute approximate surface area is 111 Å². The lowest BCUT2D eigenvalue weighted by atomic mass is 10.1. The fourth-order valence-corrected chi connectivity index (χ4v) is 1.89. The van der Waals surface area contributed by atoms with Crippen molar-refractivity contribution in [2.75, 3.05) is 0 Å². The van der Waals surface area contributed by atoms with Gasteiger partial charge in [-0.15, -0.1) is 0 Å².